The number of aryl methyl sites for hydroxylation is 2. The van der Waals surface area contributed by atoms with E-state index in [1.165, 1.54) is 13.0 Å². The monoisotopic (exact) mass is 489 g/mol. The molecule has 2 N–H and O–H groups in total. The molecule has 1 amide bonds. The van der Waals surface area contributed by atoms with Crippen LogP contribution in [0.2, 0.25) is 0 Å². The molecular formula is C28H29N2O6-. The number of hydrogen-bond acceptors (Lipinski definition) is 6. The zero-order valence-corrected chi connectivity index (χ0v) is 20.6. The normalized spacial score (nSPS) is 13.0. The third-order valence-corrected chi connectivity index (χ3v) is 6.37. The number of carboxylic acids is 1. The highest BCUT2D eigenvalue weighted by Crippen LogP contribution is 2.30. The third-order valence-electron chi connectivity index (χ3n) is 6.37. The standard InChI is InChI=1S/C28H30N2O6/c1-4-5-8-18-14-25(31)36-26-16(2)24(12-11-21(18)26)35-17(3)27(32)30-23(28(33)34)13-19-15-29-22-10-7-6-9-20(19)22/h6-7,9-12,14-15,17,23,29H,4-5,8,13H2,1-3H3,(H,30,32)(H,33,34)/p-1/t17-,23+/m1/s1. The minimum absolute atomic E-state index is 0.0610. The molecule has 0 aliphatic heterocycles. The first-order valence-corrected chi connectivity index (χ1v) is 12.1. The molecule has 4 aromatic rings. The van der Waals surface area contributed by atoms with Gasteiger partial charge in [-0.15, -0.1) is 0 Å². The summed E-state index contributed by atoms with van der Waals surface area (Å²) in [5.74, 6) is -1.60. The Morgan fingerprint density at radius 1 is 1.14 bits per heavy atom. The van der Waals surface area contributed by atoms with Gasteiger partial charge >= 0.3 is 5.63 Å². The van der Waals surface area contributed by atoms with Gasteiger partial charge in [-0.25, -0.2) is 4.79 Å². The molecule has 0 spiro atoms. The minimum Gasteiger partial charge on any atom is -0.548 e. The van der Waals surface area contributed by atoms with Gasteiger partial charge in [-0.2, -0.15) is 0 Å². The number of carboxylic acid groups (broad SMARTS) is 1. The van der Waals surface area contributed by atoms with Crippen LogP contribution in [0.3, 0.4) is 0 Å². The average molecular weight is 490 g/mol. The number of benzene rings is 2. The number of hydrogen-bond donors (Lipinski definition) is 2. The summed E-state index contributed by atoms with van der Waals surface area (Å²) in [6.45, 7) is 5.38. The van der Waals surface area contributed by atoms with E-state index in [-0.39, 0.29) is 6.42 Å². The van der Waals surface area contributed by atoms with Crippen LogP contribution in [-0.2, 0) is 22.4 Å². The van der Waals surface area contributed by atoms with Gasteiger partial charge in [-0.05, 0) is 56.0 Å². The van der Waals surface area contributed by atoms with Crippen molar-refractivity contribution in [3.05, 3.63) is 75.8 Å². The number of carbonyl (C=O) groups excluding carboxylic acids is 2. The molecule has 8 nitrogen and oxygen atoms in total. The maximum absolute atomic E-state index is 12.8. The second-order valence-electron chi connectivity index (χ2n) is 8.96. The van der Waals surface area contributed by atoms with Crippen molar-refractivity contribution in [2.75, 3.05) is 0 Å². The fraction of sp³-hybridized carbons (Fsp3) is 0.321. The molecule has 36 heavy (non-hydrogen) atoms. The molecule has 0 fully saturated rings. The highest BCUT2D eigenvalue weighted by molar-refractivity contribution is 5.88. The quantitative estimate of drug-likeness (QED) is 0.330. The van der Waals surface area contributed by atoms with E-state index in [1.807, 2.05) is 30.3 Å². The summed E-state index contributed by atoms with van der Waals surface area (Å²) in [7, 11) is 0. The van der Waals surface area contributed by atoms with Crippen LogP contribution in [-0.4, -0.2) is 29.0 Å². The Hall–Kier alpha value is -4.07. The Morgan fingerprint density at radius 2 is 1.92 bits per heavy atom. The van der Waals surface area contributed by atoms with Crippen molar-refractivity contribution >= 4 is 33.7 Å². The summed E-state index contributed by atoms with van der Waals surface area (Å²) in [6.07, 6.45) is 3.51. The van der Waals surface area contributed by atoms with E-state index >= 15 is 0 Å². The Labute approximate surface area is 208 Å². The van der Waals surface area contributed by atoms with Crippen LogP contribution in [0.1, 0.15) is 43.4 Å². The van der Waals surface area contributed by atoms with Gasteiger partial charge in [0, 0.05) is 40.5 Å². The highest BCUT2D eigenvalue weighted by atomic mass is 16.5. The van der Waals surface area contributed by atoms with E-state index in [4.69, 9.17) is 9.15 Å². The number of ether oxygens (including phenoxy) is 1. The molecule has 2 heterocycles. The van der Waals surface area contributed by atoms with Gasteiger partial charge in [0.15, 0.2) is 6.10 Å². The van der Waals surface area contributed by atoms with Crippen molar-refractivity contribution in [3.63, 3.8) is 0 Å². The van der Waals surface area contributed by atoms with E-state index in [1.54, 1.807) is 19.2 Å². The van der Waals surface area contributed by atoms with Gasteiger partial charge in [0.2, 0.25) is 0 Å². The number of carbonyl (C=O) groups is 2. The molecule has 0 saturated carbocycles. The molecule has 8 heteroatoms. The predicted molar refractivity (Wildman–Crippen MR) is 135 cm³/mol. The van der Waals surface area contributed by atoms with E-state index in [9.17, 15) is 19.5 Å². The second kappa shape index (κ2) is 10.7. The molecule has 0 bridgehead atoms. The van der Waals surface area contributed by atoms with Gasteiger partial charge < -0.3 is 29.4 Å². The van der Waals surface area contributed by atoms with E-state index in [2.05, 4.69) is 17.2 Å². The molecule has 0 unspecified atom stereocenters. The SMILES string of the molecule is CCCCc1cc(=O)oc2c(C)c(O[C@H](C)C(=O)N[C@@H](Cc3c[nH]c4ccccc34)C(=O)[O-])ccc12. The summed E-state index contributed by atoms with van der Waals surface area (Å²) in [6, 6.07) is 11.4. The van der Waals surface area contributed by atoms with Gasteiger partial charge in [0.1, 0.15) is 11.3 Å². The van der Waals surface area contributed by atoms with Gasteiger partial charge in [0.25, 0.3) is 5.91 Å². The van der Waals surface area contributed by atoms with Crippen LogP contribution in [0.4, 0.5) is 0 Å². The Kier molecular flexibility index (Phi) is 7.43. The first-order valence-electron chi connectivity index (χ1n) is 12.1. The minimum atomic E-state index is -1.39. The number of para-hydroxylation sites is 1. The molecular weight excluding hydrogens is 460 g/mol. The van der Waals surface area contributed by atoms with Crippen LogP contribution in [0.25, 0.3) is 21.9 Å². The summed E-state index contributed by atoms with van der Waals surface area (Å²) < 4.78 is 11.3. The van der Waals surface area contributed by atoms with Crippen molar-refractivity contribution in [1.82, 2.24) is 10.3 Å². The van der Waals surface area contributed by atoms with Crippen molar-refractivity contribution in [2.45, 2.75) is 58.6 Å². The van der Waals surface area contributed by atoms with Crippen LogP contribution >= 0.6 is 0 Å². The second-order valence-corrected chi connectivity index (χ2v) is 8.96. The molecule has 2 aromatic heterocycles. The fourth-order valence-electron chi connectivity index (χ4n) is 4.36. The molecule has 0 saturated heterocycles. The maximum Gasteiger partial charge on any atom is 0.336 e. The van der Waals surface area contributed by atoms with Crippen molar-refractivity contribution in [3.8, 4) is 5.75 Å². The lowest BCUT2D eigenvalue weighted by Crippen LogP contribution is -2.52. The number of aromatic nitrogens is 1. The summed E-state index contributed by atoms with van der Waals surface area (Å²) >= 11 is 0. The number of amides is 1. The highest BCUT2D eigenvalue weighted by Gasteiger charge is 2.22. The van der Waals surface area contributed by atoms with E-state index in [0.29, 0.717) is 16.9 Å². The Balaban J connectivity index is 1.50. The van der Waals surface area contributed by atoms with Gasteiger partial charge in [0.05, 0.1) is 12.0 Å². The van der Waals surface area contributed by atoms with Gasteiger partial charge in [-0.1, -0.05) is 31.5 Å². The number of nitrogens with one attached hydrogen (secondary N) is 2. The molecule has 188 valence electrons. The van der Waals surface area contributed by atoms with Crippen LogP contribution < -0.4 is 20.8 Å². The first kappa shape index (κ1) is 25.0. The Morgan fingerprint density at radius 3 is 2.67 bits per heavy atom. The van der Waals surface area contributed by atoms with Crippen LogP contribution in [0, 0.1) is 6.92 Å². The topological polar surface area (TPSA) is 124 Å². The number of H-pyrrole nitrogens is 1. The molecule has 0 aliphatic carbocycles. The molecule has 0 radical (unpaired) electrons. The lowest BCUT2D eigenvalue weighted by atomic mass is 10.0. The number of fused-ring (bicyclic) bond motifs is 2. The molecule has 2 atom stereocenters. The zero-order valence-electron chi connectivity index (χ0n) is 20.6. The number of rotatable bonds is 10. The zero-order chi connectivity index (χ0) is 25.8. The van der Waals surface area contributed by atoms with Crippen LogP contribution in [0.5, 0.6) is 5.75 Å². The summed E-state index contributed by atoms with van der Waals surface area (Å²) in [5.41, 5.74) is 3.13. The largest absolute Gasteiger partial charge is 0.548 e. The van der Waals surface area contributed by atoms with Gasteiger partial charge in [-0.3, -0.25) is 4.79 Å². The molecule has 0 aliphatic rings. The van der Waals surface area contributed by atoms with Crippen molar-refractivity contribution < 1.29 is 23.8 Å². The first-order chi connectivity index (χ1) is 17.3. The van der Waals surface area contributed by atoms with Crippen molar-refractivity contribution in [1.29, 1.82) is 0 Å². The number of aromatic amines is 1. The number of unbranched alkanes of at least 4 members (excludes halogenated alkanes) is 1. The third kappa shape index (κ3) is 5.27. The summed E-state index contributed by atoms with van der Waals surface area (Å²) in [4.78, 5) is 39.9. The van der Waals surface area contributed by atoms with E-state index < -0.39 is 29.6 Å². The van der Waals surface area contributed by atoms with Crippen molar-refractivity contribution in [2.24, 2.45) is 0 Å². The average Bonchev–Trinajstić information content (AvgIpc) is 3.26. The number of aliphatic carboxylic acids is 1. The Bertz CT molecular complexity index is 1470. The summed E-state index contributed by atoms with van der Waals surface area (Å²) in [5, 5.41) is 16.0. The predicted octanol–water partition coefficient (Wildman–Crippen LogP) is 3.17. The lowest BCUT2D eigenvalue weighted by Gasteiger charge is -2.23. The fourth-order valence-corrected chi connectivity index (χ4v) is 4.36. The molecule has 4 rings (SSSR count). The maximum atomic E-state index is 12.8. The molecule has 2 aromatic carbocycles. The van der Waals surface area contributed by atoms with Crippen LogP contribution in [0.15, 0.2) is 57.9 Å². The van der Waals surface area contributed by atoms with E-state index in [0.717, 1.165) is 46.7 Å². The smallest absolute Gasteiger partial charge is 0.336 e. The lowest BCUT2D eigenvalue weighted by molar-refractivity contribution is -0.308.